The number of ether oxygens (including phenoxy) is 1. The van der Waals surface area contributed by atoms with Crippen molar-refractivity contribution in [1.82, 2.24) is 5.01 Å². The number of nitrogens with two attached hydrogens (primary N) is 1. The molecule has 2 aromatic rings. The Balaban J connectivity index is 1.66. The summed E-state index contributed by atoms with van der Waals surface area (Å²) in [5.41, 5.74) is 5.44. The lowest BCUT2D eigenvalue weighted by molar-refractivity contribution is 0.0920. The largest absolute Gasteiger partial charge is 0.489 e. The third-order valence-electron chi connectivity index (χ3n) is 6.38. The topological polar surface area (TPSA) is 38.5 Å². The first-order chi connectivity index (χ1) is 12.6. The molecule has 3 heteroatoms. The summed E-state index contributed by atoms with van der Waals surface area (Å²) in [6, 6.07) is 15.6. The van der Waals surface area contributed by atoms with Crippen molar-refractivity contribution < 1.29 is 4.74 Å². The van der Waals surface area contributed by atoms with Crippen molar-refractivity contribution in [2.45, 2.75) is 58.1 Å². The van der Waals surface area contributed by atoms with E-state index in [-0.39, 0.29) is 12.1 Å². The molecule has 3 nitrogen and oxygen atoms in total. The fourth-order valence-corrected chi connectivity index (χ4v) is 4.85. The number of piperidine rings is 1. The molecular weight excluding hydrogens is 320 g/mol. The Morgan fingerprint density at radius 3 is 2.65 bits per heavy atom. The molecule has 2 aromatic carbocycles. The van der Waals surface area contributed by atoms with Crippen molar-refractivity contribution in [1.29, 1.82) is 0 Å². The van der Waals surface area contributed by atoms with E-state index in [0.717, 1.165) is 25.1 Å². The Kier molecular flexibility index (Phi) is 4.76. The molecule has 0 bridgehead atoms. The van der Waals surface area contributed by atoms with Gasteiger partial charge in [-0.3, -0.25) is 5.84 Å². The Morgan fingerprint density at radius 2 is 1.88 bits per heavy atom. The molecule has 0 amide bonds. The monoisotopic (exact) mass is 350 g/mol. The van der Waals surface area contributed by atoms with E-state index < -0.39 is 0 Å². The maximum Gasteiger partial charge on any atom is 0.126 e. The Labute approximate surface area is 157 Å². The Hall–Kier alpha value is -1.84. The van der Waals surface area contributed by atoms with Crippen LogP contribution in [-0.4, -0.2) is 17.7 Å². The first-order valence-electron chi connectivity index (χ1n) is 9.91. The van der Waals surface area contributed by atoms with Crippen LogP contribution >= 0.6 is 0 Å². The van der Waals surface area contributed by atoms with Crippen LogP contribution in [0.15, 0.2) is 42.5 Å². The summed E-state index contributed by atoms with van der Waals surface area (Å²) in [6.07, 6.45) is 3.65. The minimum absolute atomic E-state index is 0.257. The van der Waals surface area contributed by atoms with Crippen LogP contribution in [-0.2, 0) is 6.42 Å². The van der Waals surface area contributed by atoms with E-state index in [4.69, 9.17) is 10.6 Å². The smallest absolute Gasteiger partial charge is 0.126 e. The quantitative estimate of drug-likeness (QED) is 0.812. The van der Waals surface area contributed by atoms with E-state index in [1.807, 2.05) is 5.01 Å². The van der Waals surface area contributed by atoms with Gasteiger partial charge in [0.1, 0.15) is 11.9 Å². The molecule has 2 N–H and O–H groups in total. The zero-order valence-electron chi connectivity index (χ0n) is 16.1. The van der Waals surface area contributed by atoms with Gasteiger partial charge in [0, 0.05) is 18.0 Å². The van der Waals surface area contributed by atoms with Gasteiger partial charge in [-0.15, -0.1) is 0 Å². The lowest BCUT2D eigenvalue weighted by atomic mass is 9.80. The predicted octanol–water partition coefficient (Wildman–Crippen LogP) is 4.75. The molecule has 0 spiro atoms. The highest BCUT2D eigenvalue weighted by atomic mass is 16.5. The van der Waals surface area contributed by atoms with Gasteiger partial charge in [-0.25, -0.2) is 5.01 Å². The van der Waals surface area contributed by atoms with Crippen molar-refractivity contribution in [2.24, 2.45) is 11.8 Å². The highest BCUT2D eigenvalue weighted by Crippen LogP contribution is 2.45. The summed E-state index contributed by atoms with van der Waals surface area (Å²) in [5, 5.41) is 2.05. The third-order valence-corrected chi connectivity index (χ3v) is 6.38. The molecule has 0 aliphatic carbocycles. The molecule has 26 heavy (non-hydrogen) atoms. The van der Waals surface area contributed by atoms with E-state index in [9.17, 15) is 0 Å². The maximum atomic E-state index is 6.44. The molecule has 2 aliphatic rings. The van der Waals surface area contributed by atoms with Crippen molar-refractivity contribution in [2.75, 3.05) is 6.54 Å². The van der Waals surface area contributed by atoms with Gasteiger partial charge in [0.2, 0.25) is 0 Å². The van der Waals surface area contributed by atoms with Crippen molar-refractivity contribution in [3.63, 3.8) is 0 Å². The number of rotatable bonds is 3. The maximum absolute atomic E-state index is 6.44. The molecule has 2 aliphatic heterocycles. The van der Waals surface area contributed by atoms with Gasteiger partial charge in [-0.1, -0.05) is 49.4 Å². The molecular formula is C23H30N2O. The number of hydrogen-bond acceptors (Lipinski definition) is 3. The van der Waals surface area contributed by atoms with Gasteiger partial charge >= 0.3 is 0 Å². The first-order valence-corrected chi connectivity index (χ1v) is 9.91. The summed E-state index contributed by atoms with van der Waals surface area (Å²) < 4.78 is 6.30. The van der Waals surface area contributed by atoms with Crippen LogP contribution in [0.4, 0.5) is 0 Å². The molecule has 0 radical (unpaired) electrons. The van der Waals surface area contributed by atoms with Gasteiger partial charge in [-0.05, 0) is 55.7 Å². The molecule has 0 saturated carbocycles. The van der Waals surface area contributed by atoms with Gasteiger partial charge in [0.25, 0.3) is 0 Å². The van der Waals surface area contributed by atoms with E-state index in [1.165, 1.54) is 28.7 Å². The minimum Gasteiger partial charge on any atom is -0.489 e. The van der Waals surface area contributed by atoms with Crippen LogP contribution in [0.25, 0.3) is 0 Å². The number of fused-ring (bicyclic) bond motifs is 1. The number of hydrogen-bond donors (Lipinski definition) is 1. The molecule has 4 rings (SSSR count). The second kappa shape index (κ2) is 7.05. The summed E-state index contributed by atoms with van der Waals surface area (Å²) in [5.74, 6) is 8.56. The lowest BCUT2D eigenvalue weighted by Crippen LogP contribution is -2.44. The van der Waals surface area contributed by atoms with Crippen LogP contribution in [0.2, 0.25) is 0 Å². The number of aryl methyl sites for hydroxylation is 1. The standard InChI is InChI=1S/C23H30N2O/c1-15-11-12-20(23-21(15)16(2)17(3)26-23)14-19-10-7-13-25(24)22(19)18-8-5-4-6-9-18/h4-6,8-9,11-12,16-17,19,22H,7,10,13-14,24H2,1-3H3/t16?,17?,19-,22+/m0/s1. The molecule has 0 aromatic heterocycles. The van der Waals surface area contributed by atoms with Crippen LogP contribution in [0.1, 0.15) is 60.9 Å². The fourth-order valence-electron chi connectivity index (χ4n) is 4.85. The molecule has 1 saturated heterocycles. The van der Waals surface area contributed by atoms with E-state index in [0.29, 0.717) is 11.8 Å². The summed E-state index contributed by atoms with van der Waals surface area (Å²) in [7, 11) is 0. The minimum atomic E-state index is 0.257. The first kappa shape index (κ1) is 17.6. The van der Waals surface area contributed by atoms with Crippen molar-refractivity contribution >= 4 is 0 Å². The van der Waals surface area contributed by atoms with Crippen LogP contribution in [0.3, 0.4) is 0 Å². The molecule has 2 heterocycles. The van der Waals surface area contributed by atoms with Crippen LogP contribution < -0.4 is 10.6 Å². The van der Waals surface area contributed by atoms with Crippen LogP contribution in [0.5, 0.6) is 5.75 Å². The average molecular weight is 351 g/mol. The van der Waals surface area contributed by atoms with Gasteiger partial charge in [-0.2, -0.15) is 0 Å². The molecule has 4 atom stereocenters. The zero-order chi connectivity index (χ0) is 18.3. The summed E-state index contributed by atoms with van der Waals surface area (Å²) in [4.78, 5) is 0. The highest BCUT2D eigenvalue weighted by Gasteiger charge is 2.35. The molecule has 2 unspecified atom stereocenters. The van der Waals surface area contributed by atoms with Crippen molar-refractivity contribution in [3.05, 3.63) is 64.7 Å². The van der Waals surface area contributed by atoms with E-state index >= 15 is 0 Å². The molecule has 138 valence electrons. The van der Waals surface area contributed by atoms with Crippen LogP contribution in [0, 0.1) is 12.8 Å². The molecule has 1 fully saturated rings. The summed E-state index contributed by atoms with van der Waals surface area (Å²) >= 11 is 0. The van der Waals surface area contributed by atoms with Gasteiger partial charge in [0.15, 0.2) is 0 Å². The van der Waals surface area contributed by atoms with Gasteiger partial charge < -0.3 is 4.74 Å². The summed E-state index contributed by atoms with van der Waals surface area (Å²) in [6.45, 7) is 7.63. The second-order valence-corrected chi connectivity index (χ2v) is 8.10. The number of benzene rings is 2. The number of hydrazine groups is 1. The SMILES string of the molecule is Cc1ccc(C[C@@H]2CCCN(N)[C@@H]2c2ccccc2)c2c1C(C)C(C)O2. The van der Waals surface area contributed by atoms with E-state index in [2.05, 4.69) is 63.2 Å². The fraction of sp³-hybridized carbons (Fsp3) is 0.478. The van der Waals surface area contributed by atoms with E-state index in [1.54, 1.807) is 0 Å². The Morgan fingerprint density at radius 1 is 1.12 bits per heavy atom. The Bertz CT molecular complexity index is 773. The highest BCUT2D eigenvalue weighted by molar-refractivity contribution is 5.51. The second-order valence-electron chi connectivity index (χ2n) is 8.10. The van der Waals surface area contributed by atoms with Gasteiger partial charge in [0.05, 0.1) is 6.04 Å². The van der Waals surface area contributed by atoms with Crippen molar-refractivity contribution in [3.8, 4) is 5.75 Å². The normalized spacial score (nSPS) is 28.6. The lowest BCUT2D eigenvalue weighted by Gasteiger charge is -2.39. The predicted molar refractivity (Wildman–Crippen MR) is 106 cm³/mol. The zero-order valence-corrected chi connectivity index (χ0v) is 16.1. The average Bonchev–Trinajstić information content (AvgIpc) is 2.94. The number of nitrogens with zero attached hydrogens (tertiary/aromatic N) is 1. The third kappa shape index (κ3) is 3.04.